The fraction of sp³-hybridized carbons (Fsp3) is 0.452. The number of piperidine rings is 1. The number of nitrogens with zero attached hydrogens (tertiary/aromatic N) is 3. The highest BCUT2D eigenvalue weighted by molar-refractivity contribution is 5.93. The van der Waals surface area contributed by atoms with Gasteiger partial charge in [-0.2, -0.15) is 0 Å². The van der Waals surface area contributed by atoms with Gasteiger partial charge < -0.3 is 14.8 Å². The van der Waals surface area contributed by atoms with Crippen LogP contribution in [0.5, 0.6) is 11.6 Å². The van der Waals surface area contributed by atoms with E-state index < -0.39 is 12.2 Å². The van der Waals surface area contributed by atoms with Crippen molar-refractivity contribution < 1.29 is 18.7 Å². The molecule has 3 unspecified atom stereocenters. The Bertz CT molecular complexity index is 1160. The molecule has 3 aromatic rings. The Morgan fingerprint density at radius 1 is 1.03 bits per heavy atom. The molecule has 3 atom stereocenters. The first-order valence-electron chi connectivity index (χ1n) is 14.0. The number of nitrogens with one attached hydrogen (secondary N) is 1. The fourth-order valence-corrected chi connectivity index (χ4v) is 4.48. The molecular formula is C31H39FN4O3. The van der Waals surface area contributed by atoms with E-state index in [0.717, 1.165) is 17.7 Å². The molecule has 1 N–H and O–H groups in total. The highest BCUT2D eigenvalue weighted by atomic mass is 19.1. The molecule has 1 saturated carbocycles. The third-order valence-corrected chi connectivity index (χ3v) is 7.07. The molecule has 2 aromatic heterocycles. The van der Waals surface area contributed by atoms with E-state index in [1.165, 1.54) is 12.8 Å². The fourth-order valence-electron chi connectivity index (χ4n) is 4.48. The van der Waals surface area contributed by atoms with Crippen LogP contribution in [-0.2, 0) is 11.4 Å². The maximum Gasteiger partial charge on any atom is 0.242 e. The van der Waals surface area contributed by atoms with Crippen molar-refractivity contribution in [2.45, 2.75) is 64.8 Å². The van der Waals surface area contributed by atoms with Gasteiger partial charge in [0.15, 0.2) is 0 Å². The third kappa shape index (κ3) is 8.23. The number of halogens is 1. The summed E-state index contributed by atoms with van der Waals surface area (Å²) in [5, 5.41) is 2.87. The van der Waals surface area contributed by atoms with E-state index in [2.05, 4.69) is 15.3 Å². The second kappa shape index (κ2) is 14.0. The van der Waals surface area contributed by atoms with E-state index in [1.807, 2.05) is 68.1 Å². The van der Waals surface area contributed by atoms with Crippen LogP contribution in [0.15, 0.2) is 67.0 Å². The Balaban J connectivity index is 0.00000172. The predicted molar refractivity (Wildman–Crippen MR) is 151 cm³/mol. The van der Waals surface area contributed by atoms with Crippen LogP contribution < -0.4 is 14.8 Å². The summed E-state index contributed by atoms with van der Waals surface area (Å²) in [6.07, 6.45) is 5.14. The zero-order valence-electron chi connectivity index (χ0n) is 23.1. The minimum absolute atomic E-state index is 0.169. The minimum Gasteiger partial charge on any atom is -0.492 e. The van der Waals surface area contributed by atoms with Crippen LogP contribution in [0.25, 0.3) is 0 Å². The van der Waals surface area contributed by atoms with Gasteiger partial charge >= 0.3 is 0 Å². The number of anilines is 1. The second-order valence-corrected chi connectivity index (χ2v) is 9.91. The Hall–Kier alpha value is -3.52. The number of hydrogen-bond donors (Lipinski definition) is 1. The first kappa shape index (κ1) is 28.5. The summed E-state index contributed by atoms with van der Waals surface area (Å²) in [5.74, 6) is 1.82. The van der Waals surface area contributed by atoms with Gasteiger partial charge in [0.25, 0.3) is 0 Å². The number of likely N-dealkylation sites (tertiary alicyclic amines) is 1. The molecule has 39 heavy (non-hydrogen) atoms. The number of benzene rings is 1. The Kier molecular flexibility index (Phi) is 10.3. The van der Waals surface area contributed by atoms with Gasteiger partial charge in [-0.05, 0) is 55.4 Å². The molecule has 5 rings (SSSR count). The van der Waals surface area contributed by atoms with Crippen LogP contribution in [0.2, 0.25) is 0 Å². The molecule has 208 valence electrons. The molecule has 0 bridgehead atoms. The summed E-state index contributed by atoms with van der Waals surface area (Å²) in [5.41, 5.74) is 1.86. The lowest BCUT2D eigenvalue weighted by Crippen LogP contribution is -2.49. The zero-order valence-corrected chi connectivity index (χ0v) is 23.1. The summed E-state index contributed by atoms with van der Waals surface area (Å²) < 4.78 is 26.4. The first-order chi connectivity index (χ1) is 19.0. The minimum atomic E-state index is -0.991. The molecule has 1 amide bonds. The SMILES string of the molecule is CC.CC(C(=O)Nc1ccc(OCC2CC2)cn1)N1CCC(F)C(c2ccc(OCc3ccccc3)nc2)C1. The Labute approximate surface area is 230 Å². The standard InChI is InChI=1S/C29H33FN4O3.C2H6/c1-20(29(35)33-27-11-10-24(16-31-27)36-18-22-7-8-22)34-14-13-26(30)25(17-34)23-9-12-28(32-15-23)37-19-21-5-3-2-4-6-21;1-2/h2-6,9-12,15-16,20,22,25-26H,7-8,13-14,17-19H2,1H3,(H,31,33,35);1-2H3. The van der Waals surface area contributed by atoms with E-state index in [9.17, 15) is 9.18 Å². The average Bonchev–Trinajstić information content (AvgIpc) is 3.82. The molecule has 2 aliphatic rings. The highest BCUT2D eigenvalue weighted by Crippen LogP contribution is 2.31. The number of rotatable bonds is 10. The molecule has 1 aliphatic heterocycles. The molecular weight excluding hydrogens is 495 g/mol. The maximum absolute atomic E-state index is 14.9. The number of pyridine rings is 2. The van der Waals surface area contributed by atoms with Gasteiger partial charge in [0, 0.05) is 31.3 Å². The van der Waals surface area contributed by atoms with Crippen molar-refractivity contribution in [2.75, 3.05) is 25.0 Å². The summed E-state index contributed by atoms with van der Waals surface area (Å²) in [7, 11) is 0. The highest BCUT2D eigenvalue weighted by Gasteiger charge is 2.34. The normalized spacial score (nSPS) is 19.8. The maximum atomic E-state index is 14.9. The molecule has 0 spiro atoms. The molecule has 0 radical (unpaired) electrons. The topological polar surface area (TPSA) is 76.6 Å². The summed E-state index contributed by atoms with van der Waals surface area (Å²) in [6.45, 7) is 7.93. The number of amides is 1. The largest absolute Gasteiger partial charge is 0.492 e. The van der Waals surface area contributed by atoms with Crippen molar-refractivity contribution in [3.05, 3.63) is 78.1 Å². The van der Waals surface area contributed by atoms with Gasteiger partial charge in [0.2, 0.25) is 11.8 Å². The lowest BCUT2D eigenvalue weighted by atomic mass is 9.89. The van der Waals surface area contributed by atoms with E-state index in [0.29, 0.717) is 49.5 Å². The number of alkyl halides is 1. The second-order valence-electron chi connectivity index (χ2n) is 9.91. The van der Waals surface area contributed by atoms with Crippen molar-refractivity contribution >= 4 is 11.7 Å². The van der Waals surface area contributed by atoms with Crippen molar-refractivity contribution in [1.82, 2.24) is 14.9 Å². The predicted octanol–water partition coefficient (Wildman–Crippen LogP) is 6.03. The molecule has 3 heterocycles. The average molecular weight is 535 g/mol. The van der Waals surface area contributed by atoms with Gasteiger partial charge in [0.05, 0.1) is 18.8 Å². The quantitative estimate of drug-likeness (QED) is 0.343. The van der Waals surface area contributed by atoms with Gasteiger partial charge in [-0.3, -0.25) is 9.69 Å². The Morgan fingerprint density at radius 2 is 1.82 bits per heavy atom. The lowest BCUT2D eigenvalue weighted by Gasteiger charge is -2.38. The Morgan fingerprint density at radius 3 is 2.49 bits per heavy atom. The summed E-state index contributed by atoms with van der Waals surface area (Å²) in [6, 6.07) is 16.7. The van der Waals surface area contributed by atoms with Gasteiger partial charge in [-0.15, -0.1) is 0 Å². The number of aromatic nitrogens is 2. The molecule has 1 saturated heterocycles. The zero-order chi connectivity index (χ0) is 27.6. The summed E-state index contributed by atoms with van der Waals surface area (Å²) >= 11 is 0. The van der Waals surface area contributed by atoms with Crippen LogP contribution in [0.3, 0.4) is 0 Å². The van der Waals surface area contributed by atoms with Gasteiger partial charge in [-0.25, -0.2) is 14.4 Å². The van der Waals surface area contributed by atoms with E-state index in [4.69, 9.17) is 9.47 Å². The molecule has 1 aliphatic carbocycles. The summed E-state index contributed by atoms with van der Waals surface area (Å²) in [4.78, 5) is 23.6. The van der Waals surface area contributed by atoms with Crippen LogP contribution in [0.1, 0.15) is 57.1 Å². The van der Waals surface area contributed by atoms with Crippen molar-refractivity contribution in [1.29, 1.82) is 0 Å². The smallest absolute Gasteiger partial charge is 0.242 e. The molecule has 7 nitrogen and oxygen atoms in total. The van der Waals surface area contributed by atoms with E-state index in [1.54, 1.807) is 24.5 Å². The van der Waals surface area contributed by atoms with Crippen molar-refractivity contribution in [3.8, 4) is 11.6 Å². The van der Waals surface area contributed by atoms with Crippen LogP contribution in [0, 0.1) is 5.92 Å². The van der Waals surface area contributed by atoms with Crippen molar-refractivity contribution in [3.63, 3.8) is 0 Å². The number of ether oxygens (including phenoxy) is 2. The number of hydrogen-bond acceptors (Lipinski definition) is 6. The number of carbonyl (C=O) groups is 1. The lowest BCUT2D eigenvalue weighted by molar-refractivity contribution is -0.121. The molecule has 1 aromatic carbocycles. The first-order valence-corrected chi connectivity index (χ1v) is 14.0. The van der Waals surface area contributed by atoms with E-state index in [-0.39, 0.29) is 11.8 Å². The van der Waals surface area contributed by atoms with E-state index >= 15 is 0 Å². The van der Waals surface area contributed by atoms with Crippen LogP contribution >= 0.6 is 0 Å². The third-order valence-electron chi connectivity index (χ3n) is 7.07. The van der Waals surface area contributed by atoms with Gasteiger partial charge in [0.1, 0.15) is 24.3 Å². The number of carbonyl (C=O) groups excluding carboxylic acids is 1. The monoisotopic (exact) mass is 534 g/mol. The van der Waals surface area contributed by atoms with Crippen LogP contribution in [-0.4, -0.2) is 52.7 Å². The van der Waals surface area contributed by atoms with Crippen LogP contribution in [0.4, 0.5) is 10.2 Å². The van der Waals surface area contributed by atoms with Crippen molar-refractivity contribution in [2.24, 2.45) is 5.92 Å². The molecule has 2 fully saturated rings. The van der Waals surface area contributed by atoms with Gasteiger partial charge in [-0.1, -0.05) is 50.2 Å². The molecule has 8 heteroatoms.